The molecule has 0 fully saturated rings. The molecule has 0 aromatic carbocycles. The summed E-state index contributed by atoms with van der Waals surface area (Å²) in [6, 6.07) is 8.95. The van der Waals surface area contributed by atoms with E-state index < -0.39 is 5.97 Å². The van der Waals surface area contributed by atoms with Crippen molar-refractivity contribution in [2.75, 3.05) is 7.11 Å². The Labute approximate surface area is 81.0 Å². The van der Waals surface area contributed by atoms with Gasteiger partial charge in [-0.1, -0.05) is 6.07 Å². The summed E-state index contributed by atoms with van der Waals surface area (Å²) in [5, 5.41) is 19.0. The quantitative estimate of drug-likeness (QED) is 0.689. The molecule has 14 heavy (non-hydrogen) atoms. The zero-order chi connectivity index (χ0) is 10.2. The minimum absolute atomic E-state index is 0.288. The molecule has 0 aliphatic heterocycles. The molecule has 2 N–H and O–H groups in total. The molecule has 0 radical (unpaired) electrons. The van der Waals surface area contributed by atoms with Gasteiger partial charge in [0.05, 0.1) is 0 Å². The van der Waals surface area contributed by atoms with Gasteiger partial charge in [0, 0.05) is 18.8 Å². The van der Waals surface area contributed by atoms with E-state index in [1.165, 1.54) is 7.11 Å². The molecule has 0 amide bonds. The topological polar surface area (TPSA) is 54.1 Å². The molecule has 0 spiro atoms. The Morgan fingerprint density at radius 2 is 2.00 bits per heavy atom. The summed E-state index contributed by atoms with van der Waals surface area (Å²) >= 11 is 0. The summed E-state index contributed by atoms with van der Waals surface area (Å²) in [7, 11) is 1.24. The third kappa shape index (κ3) is 1.29. The molecule has 0 bridgehead atoms. The van der Waals surface area contributed by atoms with Crippen molar-refractivity contribution in [3.05, 3.63) is 42.2 Å². The number of rotatable bonds is 2. The SMILES string of the molecule is COC(O)(O)c1ccc2ccccn12. The van der Waals surface area contributed by atoms with Crippen LogP contribution in [-0.4, -0.2) is 21.7 Å². The van der Waals surface area contributed by atoms with Crippen molar-refractivity contribution in [3.8, 4) is 0 Å². The van der Waals surface area contributed by atoms with E-state index in [4.69, 9.17) is 0 Å². The second kappa shape index (κ2) is 3.09. The van der Waals surface area contributed by atoms with Gasteiger partial charge in [-0.2, -0.15) is 0 Å². The van der Waals surface area contributed by atoms with E-state index in [0.29, 0.717) is 0 Å². The number of hydrogen-bond donors (Lipinski definition) is 2. The molecule has 2 aromatic rings. The maximum atomic E-state index is 9.49. The summed E-state index contributed by atoms with van der Waals surface area (Å²) in [5.41, 5.74) is 1.17. The number of aromatic nitrogens is 1. The summed E-state index contributed by atoms with van der Waals surface area (Å²) in [6.45, 7) is 0. The standard InChI is InChI=1S/C10H11NO3/c1-14-10(12,13)9-6-5-8-4-2-3-7-11(8)9/h2-7,12-13H,1H3. The summed E-state index contributed by atoms with van der Waals surface area (Å²) < 4.78 is 6.24. The zero-order valence-electron chi connectivity index (χ0n) is 7.71. The molecule has 2 aromatic heterocycles. The first kappa shape index (κ1) is 9.21. The third-order valence-corrected chi connectivity index (χ3v) is 2.18. The lowest BCUT2D eigenvalue weighted by atomic mass is 10.4. The smallest absolute Gasteiger partial charge is 0.322 e. The fourth-order valence-corrected chi connectivity index (χ4v) is 1.43. The molecule has 2 rings (SSSR count). The minimum Gasteiger partial charge on any atom is -0.338 e. The normalized spacial score (nSPS) is 12.2. The van der Waals surface area contributed by atoms with Crippen LogP contribution in [0.25, 0.3) is 5.52 Å². The van der Waals surface area contributed by atoms with Crippen LogP contribution in [0.5, 0.6) is 0 Å². The Morgan fingerprint density at radius 1 is 1.21 bits per heavy atom. The molecule has 4 heteroatoms. The lowest BCUT2D eigenvalue weighted by Crippen LogP contribution is -2.28. The highest BCUT2D eigenvalue weighted by molar-refractivity contribution is 5.49. The van der Waals surface area contributed by atoms with Crippen LogP contribution in [0, 0.1) is 0 Å². The van der Waals surface area contributed by atoms with E-state index in [1.54, 1.807) is 22.7 Å². The van der Waals surface area contributed by atoms with Gasteiger partial charge in [0.1, 0.15) is 5.69 Å². The number of nitrogens with zero attached hydrogens (tertiary/aromatic N) is 1. The van der Waals surface area contributed by atoms with Gasteiger partial charge in [0.15, 0.2) is 0 Å². The predicted octanol–water partition coefficient (Wildman–Crippen LogP) is 0.681. The molecule has 0 unspecified atom stereocenters. The fourth-order valence-electron chi connectivity index (χ4n) is 1.43. The van der Waals surface area contributed by atoms with Crippen molar-refractivity contribution >= 4 is 5.52 Å². The average molecular weight is 193 g/mol. The second-order valence-corrected chi connectivity index (χ2v) is 3.03. The van der Waals surface area contributed by atoms with Crippen LogP contribution in [0.1, 0.15) is 5.69 Å². The number of fused-ring (bicyclic) bond motifs is 1. The molecule has 0 saturated heterocycles. The van der Waals surface area contributed by atoms with Crippen LogP contribution in [0.2, 0.25) is 0 Å². The predicted molar refractivity (Wildman–Crippen MR) is 50.5 cm³/mol. The lowest BCUT2D eigenvalue weighted by Gasteiger charge is -2.18. The molecule has 74 valence electrons. The van der Waals surface area contributed by atoms with E-state index in [-0.39, 0.29) is 5.69 Å². The van der Waals surface area contributed by atoms with E-state index in [1.807, 2.05) is 18.2 Å². The highest BCUT2D eigenvalue weighted by atomic mass is 16.8. The monoisotopic (exact) mass is 193 g/mol. The molecule has 4 nitrogen and oxygen atoms in total. The van der Waals surface area contributed by atoms with Crippen molar-refractivity contribution in [2.24, 2.45) is 0 Å². The first-order valence-corrected chi connectivity index (χ1v) is 4.21. The van der Waals surface area contributed by atoms with Crippen molar-refractivity contribution in [1.82, 2.24) is 4.40 Å². The summed E-state index contributed by atoms with van der Waals surface area (Å²) in [5.74, 6) is -2.24. The first-order chi connectivity index (χ1) is 6.65. The highest BCUT2D eigenvalue weighted by Crippen LogP contribution is 2.21. The average Bonchev–Trinajstić information content (AvgIpc) is 2.61. The van der Waals surface area contributed by atoms with E-state index in [2.05, 4.69) is 4.74 Å². The Hall–Kier alpha value is -1.36. The summed E-state index contributed by atoms with van der Waals surface area (Å²) in [4.78, 5) is 0. The van der Waals surface area contributed by atoms with Gasteiger partial charge in [-0.25, -0.2) is 0 Å². The van der Waals surface area contributed by atoms with Crippen molar-refractivity contribution < 1.29 is 14.9 Å². The Morgan fingerprint density at radius 3 is 2.71 bits per heavy atom. The molecular weight excluding hydrogens is 182 g/mol. The fraction of sp³-hybridized carbons (Fsp3) is 0.200. The zero-order valence-corrected chi connectivity index (χ0v) is 7.71. The highest BCUT2D eigenvalue weighted by Gasteiger charge is 2.28. The number of aliphatic hydroxyl groups is 2. The maximum Gasteiger partial charge on any atom is 0.322 e. The van der Waals surface area contributed by atoms with Crippen LogP contribution < -0.4 is 0 Å². The van der Waals surface area contributed by atoms with Gasteiger partial charge < -0.3 is 19.4 Å². The van der Waals surface area contributed by atoms with Crippen molar-refractivity contribution in [1.29, 1.82) is 0 Å². The molecule has 2 heterocycles. The maximum absolute atomic E-state index is 9.49. The van der Waals surface area contributed by atoms with Crippen LogP contribution in [0.15, 0.2) is 36.5 Å². The minimum atomic E-state index is -2.24. The van der Waals surface area contributed by atoms with Gasteiger partial charge in [-0.3, -0.25) is 0 Å². The van der Waals surface area contributed by atoms with Gasteiger partial charge in [-0.05, 0) is 24.3 Å². The van der Waals surface area contributed by atoms with Crippen molar-refractivity contribution in [3.63, 3.8) is 0 Å². The third-order valence-electron chi connectivity index (χ3n) is 2.18. The van der Waals surface area contributed by atoms with Gasteiger partial charge in [0.2, 0.25) is 0 Å². The van der Waals surface area contributed by atoms with Crippen LogP contribution in [0.4, 0.5) is 0 Å². The van der Waals surface area contributed by atoms with Crippen molar-refractivity contribution in [2.45, 2.75) is 5.97 Å². The molecular formula is C10H11NO3. The van der Waals surface area contributed by atoms with Crippen LogP contribution in [-0.2, 0) is 10.7 Å². The number of ether oxygens (including phenoxy) is 1. The molecule has 0 saturated carbocycles. The van der Waals surface area contributed by atoms with E-state index in [9.17, 15) is 10.2 Å². The number of hydrogen-bond acceptors (Lipinski definition) is 3. The second-order valence-electron chi connectivity index (χ2n) is 3.03. The molecule has 0 atom stereocenters. The Balaban J connectivity index is 2.64. The Kier molecular flexibility index (Phi) is 2.03. The van der Waals surface area contributed by atoms with E-state index in [0.717, 1.165) is 5.52 Å². The van der Waals surface area contributed by atoms with Crippen LogP contribution >= 0.6 is 0 Å². The number of methoxy groups -OCH3 is 1. The largest absolute Gasteiger partial charge is 0.338 e. The van der Waals surface area contributed by atoms with Gasteiger partial charge >= 0.3 is 5.97 Å². The van der Waals surface area contributed by atoms with Gasteiger partial charge in [-0.15, -0.1) is 0 Å². The van der Waals surface area contributed by atoms with E-state index >= 15 is 0 Å². The lowest BCUT2D eigenvalue weighted by molar-refractivity contribution is -0.341. The van der Waals surface area contributed by atoms with Gasteiger partial charge in [0.25, 0.3) is 0 Å². The van der Waals surface area contributed by atoms with Crippen LogP contribution in [0.3, 0.4) is 0 Å². The number of pyridine rings is 1. The first-order valence-electron chi connectivity index (χ1n) is 4.21. The molecule has 0 aliphatic rings. The summed E-state index contributed by atoms with van der Waals surface area (Å²) in [6.07, 6.45) is 1.74. The molecule has 0 aliphatic carbocycles. The Bertz CT molecular complexity index is 447.